The molecular formula is C12H17F2N3. The van der Waals surface area contributed by atoms with Crippen LogP contribution in [0, 0.1) is 5.92 Å². The van der Waals surface area contributed by atoms with E-state index in [9.17, 15) is 8.78 Å². The maximum absolute atomic E-state index is 12.5. The highest BCUT2D eigenvalue weighted by Crippen LogP contribution is 2.26. The molecule has 0 aliphatic carbocycles. The van der Waals surface area contributed by atoms with Crippen LogP contribution in [0.1, 0.15) is 25.5 Å². The van der Waals surface area contributed by atoms with Crippen molar-refractivity contribution in [2.24, 2.45) is 5.92 Å². The summed E-state index contributed by atoms with van der Waals surface area (Å²) < 4.78 is 25.0. The van der Waals surface area contributed by atoms with Crippen LogP contribution in [0.15, 0.2) is 12.4 Å². The lowest BCUT2D eigenvalue weighted by Crippen LogP contribution is -2.36. The number of anilines is 1. The van der Waals surface area contributed by atoms with Crippen molar-refractivity contribution >= 4 is 5.82 Å². The summed E-state index contributed by atoms with van der Waals surface area (Å²) in [6.07, 6.45) is 1.32. The number of aromatic nitrogens is 2. The molecule has 0 unspecified atom stereocenters. The van der Waals surface area contributed by atoms with Crippen molar-refractivity contribution in [3.8, 4) is 0 Å². The van der Waals surface area contributed by atoms with Crippen molar-refractivity contribution in [3.05, 3.63) is 18.1 Å². The molecule has 1 aromatic heterocycles. The summed E-state index contributed by atoms with van der Waals surface area (Å²) in [5.41, 5.74) is 0.992. The van der Waals surface area contributed by atoms with Crippen LogP contribution in [-0.4, -0.2) is 29.5 Å². The van der Waals surface area contributed by atoms with E-state index >= 15 is 0 Å². The molecule has 2 heterocycles. The highest BCUT2D eigenvalue weighted by molar-refractivity contribution is 5.39. The first-order valence-electron chi connectivity index (χ1n) is 6.04. The number of nitrogens with zero attached hydrogens (tertiary/aromatic N) is 3. The molecule has 1 aromatic rings. The Labute approximate surface area is 99.9 Å². The van der Waals surface area contributed by atoms with E-state index in [4.69, 9.17) is 0 Å². The Balaban J connectivity index is 2.00. The van der Waals surface area contributed by atoms with Gasteiger partial charge in [0.25, 0.3) is 0 Å². The van der Waals surface area contributed by atoms with Gasteiger partial charge in [0.15, 0.2) is 0 Å². The van der Waals surface area contributed by atoms with Crippen molar-refractivity contribution in [1.82, 2.24) is 9.97 Å². The Kier molecular flexibility index (Phi) is 3.86. The van der Waals surface area contributed by atoms with E-state index in [0.717, 1.165) is 17.9 Å². The fraction of sp³-hybridized carbons (Fsp3) is 0.667. The van der Waals surface area contributed by atoms with Crippen molar-refractivity contribution in [2.75, 3.05) is 18.0 Å². The monoisotopic (exact) mass is 241 g/mol. The second-order valence-corrected chi connectivity index (χ2v) is 4.38. The minimum Gasteiger partial charge on any atom is -0.356 e. The number of piperidine rings is 1. The summed E-state index contributed by atoms with van der Waals surface area (Å²) in [6.45, 7) is 3.36. The molecule has 1 saturated heterocycles. The van der Waals surface area contributed by atoms with Gasteiger partial charge < -0.3 is 4.90 Å². The topological polar surface area (TPSA) is 29.0 Å². The van der Waals surface area contributed by atoms with Gasteiger partial charge in [0.2, 0.25) is 6.43 Å². The van der Waals surface area contributed by atoms with Gasteiger partial charge in [0, 0.05) is 30.8 Å². The minimum atomic E-state index is -2.19. The van der Waals surface area contributed by atoms with Crippen molar-refractivity contribution in [2.45, 2.75) is 32.6 Å². The van der Waals surface area contributed by atoms with Crippen LogP contribution in [0.2, 0.25) is 0 Å². The number of halogens is 2. The van der Waals surface area contributed by atoms with Gasteiger partial charge in [-0.05, 0) is 19.3 Å². The first-order valence-corrected chi connectivity index (χ1v) is 6.04. The second kappa shape index (κ2) is 5.38. The summed E-state index contributed by atoms with van der Waals surface area (Å²) in [5, 5.41) is 0. The third-order valence-corrected chi connectivity index (χ3v) is 3.29. The van der Waals surface area contributed by atoms with E-state index in [-0.39, 0.29) is 0 Å². The van der Waals surface area contributed by atoms with Crippen molar-refractivity contribution < 1.29 is 8.78 Å². The summed E-state index contributed by atoms with van der Waals surface area (Å²) in [4.78, 5) is 10.4. The number of aryl methyl sites for hydroxylation is 1. The Bertz CT molecular complexity index is 363. The predicted molar refractivity (Wildman–Crippen MR) is 62.4 cm³/mol. The van der Waals surface area contributed by atoms with Crippen LogP contribution in [0.25, 0.3) is 0 Å². The Morgan fingerprint density at radius 1 is 1.35 bits per heavy atom. The standard InChI is InChI=1S/C12H17F2N3/c1-2-10-7-11(16-8-15-10)17-5-3-9(4-6-17)12(13)14/h7-9,12H,2-6H2,1H3. The first kappa shape index (κ1) is 12.2. The zero-order valence-electron chi connectivity index (χ0n) is 9.94. The molecule has 17 heavy (non-hydrogen) atoms. The van der Waals surface area contributed by atoms with E-state index in [0.29, 0.717) is 25.9 Å². The van der Waals surface area contributed by atoms with Gasteiger partial charge in [-0.25, -0.2) is 18.7 Å². The largest absolute Gasteiger partial charge is 0.356 e. The molecule has 1 fully saturated rings. The van der Waals surface area contributed by atoms with Crippen LogP contribution in [0.3, 0.4) is 0 Å². The predicted octanol–water partition coefficient (Wildman–Crippen LogP) is 2.52. The molecule has 94 valence electrons. The van der Waals surface area contributed by atoms with Crippen LogP contribution in [0.4, 0.5) is 14.6 Å². The molecule has 0 atom stereocenters. The van der Waals surface area contributed by atoms with Crippen molar-refractivity contribution in [1.29, 1.82) is 0 Å². The number of rotatable bonds is 3. The minimum absolute atomic E-state index is 0.446. The van der Waals surface area contributed by atoms with E-state index in [2.05, 4.69) is 14.9 Å². The fourth-order valence-electron chi connectivity index (χ4n) is 2.13. The molecule has 5 heteroatoms. The molecular weight excluding hydrogens is 224 g/mol. The Hall–Kier alpha value is -1.26. The molecule has 3 nitrogen and oxygen atoms in total. The molecule has 1 aliphatic heterocycles. The summed E-state index contributed by atoms with van der Waals surface area (Å²) in [6, 6.07) is 1.95. The molecule has 1 aliphatic rings. The van der Waals surface area contributed by atoms with Gasteiger partial charge in [-0.1, -0.05) is 6.92 Å². The van der Waals surface area contributed by atoms with Crippen LogP contribution in [-0.2, 0) is 6.42 Å². The third kappa shape index (κ3) is 2.90. The molecule has 0 N–H and O–H groups in total. The van der Waals surface area contributed by atoms with Gasteiger partial charge in [-0.3, -0.25) is 0 Å². The Morgan fingerprint density at radius 2 is 2.06 bits per heavy atom. The van der Waals surface area contributed by atoms with Gasteiger partial charge in [-0.2, -0.15) is 0 Å². The summed E-state index contributed by atoms with van der Waals surface area (Å²) in [7, 11) is 0. The average molecular weight is 241 g/mol. The maximum Gasteiger partial charge on any atom is 0.241 e. The van der Waals surface area contributed by atoms with Crippen LogP contribution in [0.5, 0.6) is 0 Å². The lowest BCUT2D eigenvalue weighted by molar-refractivity contribution is 0.0635. The van der Waals surface area contributed by atoms with Gasteiger partial charge in [0.1, 0.15) is 12.1 Å². The molecule has 0 amide bonds. The Morgan fingerprint density at radius 3 is 2.65 bits per heavy atom. The second-order valence-electron chi connectivity index (χ2n) is 4.38. The zero-order chi connectivity index (χ0) is 12.3. The van der Waals surface area contributed by atoms with E-state index in [1.165, 1.54) is 0 Å². The SMILES string of the molecule is CCc1cc(N2CCC(C(F)F)CC2)ncn1. The van der Waals surface area contributed by atoms with Gasteiger partial charge in [-0.15, -0.1) is 0 Å². The lowest BCUT2D eigenvalue weighted by Gasteiger charge is -2.32. The third-order valence-electron chi connectivity index (χ3n) is 3.29. The number of alkyl halides is 2. The van der Waals surface area contributed by atoms with Crippen LogP contribution >= 0.6 is 0 Å². The quantitative estimate of drug-likeness (QED) is 0.814. The molecule has 2 rings (SSSR count). The number of hydrogen-bond acceptors (Lipinski definition) is 3. The highest BCUT2D eigenvalue weighted by Gasteiger charge is 2.26. The normalized spacial score (nSPS) is 17.8. The molecule has 0 radical (unpaired) electrons. The average Bonchev–Trinajstić information content (AvgIpc) is 2.39. The van der Waals surface area contributed by atoms with E-state index in [1.807, 2.05) is 13.0 Å². The fourth-order valence-corrected chi connectivity index (χ4v) is 2.13. The molecule has 0 saturated carbocycles. The lowest BCUT2D eigenvalue weighted by atomic mass is 9.97. The molecule has 0 spiro atoms. The summed E-state index contributed by atoms with van der Waals surface area (Å²) >= 11 is 0. The van der Waals surface area contributed by atoms with Crippen LogP contribution < -0.4 is 4.90 Å². The van der Waals surface area contributed by atoms with Gasteiger partial charge in [0.05, 0.1) is 0 Å². The van der Waals surface area contributed by atoms with E-state index in [1.54, 1.807) is 6.33 Å². The van der Waals surface area contributed by atoms with Gasteiger partial charge >= 0.3 is 0 Å². The van der Waals surface area contributed by atoms with E-state index < -0.39 is 12.3 Å². The van der Waals surface area contributed by atoms with Crippen molar-refractivity contribution in [3.63, 3.8) is 0 Å². The zero-order valence-corrected chi connectivity index (χ0v) is 9.94. The highest BCUT2D eigenvalue weighted by atomic mass is 19.3. The number of hydrogen-bond donors (Lipinski definition) is 0. The maximum atomic E-state index is 12.5. The molecule has 0 bridgehead atoms. The molecule has 0 aromatic carbocycles. The summed E-state index contributed by atoms with van der Waals surface area (Å²) in [5.74, 6) is 0.420. The first-order chi connectivity index (χ1) is 8.20. The smallest absolute Gasteiger partial charge is 0.241 e.